The minimum Gasteiger partial charge on any atom is -0.399 e. The highest BCUT2D eigenvalue weighted by Gasteiger charge is 2.26. The first-order chi connectivity index (χ1) is 4.38. The second-order valence-electron chi connectivity index (χ2n) is 2.24. The fraction of sp³-hybridized carbons (Fsp3) is 0.833. The summed E-state index contributed by atoms with van der Waals surface area (Å²) in [6.07, 6.45) is 2.47. The van der Waals surface area contributed by atoms with Crippen LogP contribution in [0.2, 0.25) is 0 Å². The van der Waals surface area contributed by atoms with E-state index in [0.717, 1.165) is 5.71 Å². The smallest absolute Gasteiger partial charge is 0.106 e. The van der Waals surface area contributed by atoms with Crippen LogP contribution in [0, 0.1) is 5.92 Å². The second kappa shape index (κ2) is 2.82. The lowest BCUT2D eigenvalue weighted by Gasteiger charge is -1.96. The topological polar surface area (TPSA) is 47.6 Å². The van der Waals surface area contributed by atoms with Gasteiger partial charge in [0.1, 0.15) is 7.11 Å². The highest BCUT2D eigenvalue weighted by molar-refractivity contribution is 5.89. The lowest BCUT2D eigenvalue weighted by atomic mass is 10.2. The second-order valence-corrected chi connectivity index (χ2v) is 2.24. The van der Waals surface area contributed by atoms with Crippen molar-refractivity contribution in [1.82, 2.24) is 0 Å². The molecule has 0 bridgehead atoms. The SMILES string of the molecule is CO/N=C(\CN)C1CC1. The molecule has 1 fully saturated rings. The fourth-order valence-electron chi connectivity index (χ4n) is 0.812. The van der Waals surface area contributed by atoms with Crippen molar-refractivity contribution in [2.45, 2.75) is 12.8 Å². The summed E-state index contributed by atoms with van der Waals surface area (Å²) in [6, 6.07) is 0. The molecular weight excluding hydrogens is 116 g/mol. The first-order valence-corrected chi connectivity index (χ1v) is 3.18. The van der Waals surface area contributed by atoms with E-state index in [9.17, 15) is 0 Å². The molecule has 3 nitrogen and oxygen atoms in total. The van der Waals surface area contributed by atoms with Crippen LogP contribution in [0.4, 0.5) is 0 Å². The molecule has 0 heterocycles. The zero-order chi connectivity index (χ0) is 6.69. The number of nitrogens with two attached hydrogens (primary N) is 1. The molecule has 0 saturated heterocycles. The third-order valence-electron chi connectivity index (χ3n) is 1.47. The molecule has 1 aliphatic rings. The Morgan fingerprint density at radius 1 is 1.78 bits per heavy atom. The van der Waals surface area contributed by atoms with Crippen LogP contribution in [0.25, 0.3) is 0 Å². The van der Waals surface area contributed by atoms with E-state index < -0.39 is 0 Å². The summed E-state index contributed by atoms with van der Waals surface area (Å²) in [5, 5.41) is 3.80. The molecule has 0 aliphatic heterocycles. The Labute approximate surface area is 54.9 Å². The molecule has 0 aromatic heterocycles. The van der Waals surface area contributed by atoms with Gasteiger partial charge < -0.3 is 10.6 Å². The van der Waals surface area contributed by atoms with Crippen molar-refractivity contribution in [3.8, 4) is 0 Å². The Morgan fingerprint density at radius 2 is 2.44 bits per heavy atom. The van der Waals surface area contributed by atoms with E-state index in [-0.39, 0.29) is 0 Å². The predicted molar refractivity (Wildman–Crippen MR) is 36.2 cm³/mol. The van der Waals surface area contributed by atoms with Crippen molar-refractivity contribution in [1.29, 1.82) is 0 Å². The fourth-order valence-corrected chi connectivity index (χ4v) is 0.812. The molecule has 0 aromatic carbocycles. The molecule has 0 aromatic rings. The maximum Gasteiger partial charge on any atom is 0.106 e. The van der Waals surface area contributed by atoms with Gasteiger partial charge in [0.2, 0.25) is 0 Å². The van der Waals surface area contributed by atoms with E-state index in [0.29, 0.717) is 12.5 Å². The normalized spacial score (nSPS) is 20.0. The minimum absolute atomic E-state index is 0.540. The Bertz CT molecular complexity index is 118. The van der Waals surface area contributed by atoms with Crippen LogP contribution >= 0.6 is 0 Å². The largest absolute Gasteiger partial charge is 0.399 e. The predicted octanol–water partition coefficient (Wildman–Crippen LogP) is 0.358. The minimum atomic E-state index is 0.540. The van der Waals surface area contributed by atoms with Crippen LogP contribution in [0.1, 0.15) is 12.8 Å². The van der Waals surface area contributed by atoms with Crippen LogP contribution in [-0.2, 0) is 4.84 Å². The first kappa shape index (κ1) is 6.55. The van der Waals surface area contributed by atoms with Gasteiger partial charge in [-0.3, -0.25) is 0 Å². The highest BCUT2D eigenvalue weighted by atomic mass is 16.6. The maximum atomic E-state index is 5.39. The summed E-state index contributed by atoms with van der Waals surface area (Å²) in [4.78, 5) is 4.60. The van der Waals surface area contributed by atoms with E-state index in [1.807, 2.05) is 0 Å². The molecule has 9 heavy (non-hydrogen) atoms. The third kappa shape index (κ3) is 1.68. The Morgan fingerprint density at radius 3 is 2.78 bits per heavy atom. The summed E-state index contributed by atoms with van der Waals surface area (Å²) in [5.41, 5.74) is 6.40. The van der Waals surface area contributed by atoms with Crippen LogP contribution in [0.3, 0.4) is 0 Å². The van der Waals surface area contributed by atoms with Gasteiger partial charge in [0, 0.05) is 12.5 Å². The molecule has 0 radical (unpaired) electrons. The summed E-state index contributed by atoms with van der Waals surface area (Å²) < 4.78 is 0. The number of rotatable bonds is 3. The molecule has 3 heteroatoms. The van der Waals surface area contributed by atoms with Crippen LogP contribution in [0.15, 0.2) is 5.16 Å². The summed E-state index contributed by atoms with van der Waals surface area (Å²) >= 11 is 0. The van der Waals surface area contributed by atoms with E-state index >= 15 is 0 Å². The molecule has 0 spiro atoms. The van der Waals surface area contributed by atoms with Gasteiger partial charge in [-0.2, -0.15) is 0 Å². The number of hydrogen-bond donors (Lipinski definition) is 1. The van der Waals surface area contributed by atoms with Crippen molar-refractivity contribution in [3.05, 3.63) is 0 Å². The summed E-state index contributed by atoms with van der Waals surface area (Å²) in [6.45, 7) is 0.540. The molecule has 0 unspecified atom stereocenters. The average molecular weight is 128 g/mol. The van der Waals surface area contributed by atoms with Crippen LogP contribution in [0.5, 0.6) is 0 Å². The third-order valence-corrected chi connectivity index (χ3v) is 1.47. The molecule has 0 amide bonds. The van der Waals surface area contributed by atoms with Gasteiger partial charge in [-0.15, -0.1) is 0 Å². The lowest BCUT2D eigenvalue weighted by Crippen LogP contribution is -2.15. The standard InChI is InChI=1S/C6H12N2O/c1-9-8-6(4-7)5-2-3-5/h5H,2-4,7H2,1H3/b8-6+. The molecule has 2 N–H and O–H groups in total. The van der Waals surface area contributed by atoms with Crippen molar-refractivity contribution in [2.24, 2.45) is 16.8 Å². The lowest BCUT2D eigenvalue weighted by molar-refractivity contribution is 0.211. The zero-order valence-corrected chi connectivity index (χ0v) is 5.63. The Balaban J connectivity index is 2.37. The highest BCUT2D eigenvalue weighted by Crippen LogP contribution is 2.30. The molecule has 1 aliphatic carbocycles. The van der Waals surface area contributed by atoms with Gasteiger partial charge in [0.25, 0.3) is 0 Å². The Kier molecular flexibility index (Phi) is 2.05. The van der Waals surface area contributed by atoms with Crippen molar-refractivity contribution in [2.75, 3.05) is 13.7 Å². The zero-order valence-electron chi connectivity index (χ0n) is 5.63. The van der Waals surface area contributed by atoms with Crippen molar-refractivity contribution < 1.29 is 4.84 Å². The van der Waals surface area contributed by atoms with Crippen LogP contribution in [-0.4, -0.2) is 19.4 Å². The van der Waals surface area contributed by atoms with Gasteiger partial charge >= 0.3 is 0 Å². The number of hydrogen-bond acceptors (Lipinski definition) is 3. The van der Waals surface area contributed by atoms with Crippen molar-refractivity contribution in [3.63, 3.8) is 0 Å². The maximum absolute atomic E-state index is 5.39. The number of nitrogens with zero attached hydrogens (tertiary/aromatic N) is 1. The molecule has 1 rings (SSSR count). The number of oxime groups is 1. The first-order valence-electron chi connectivity index (χ1n) is 3.18. The van der Waals surface area contributed by atoms with Gasteiger partial charge in [-0.05, 0) is 12.8 Å². The van der Waals surface area contributed by atoms with Gasteiger partial charge in [-0.25, -0.2) is 0 Å². The molecule has 1 saturated carbocycles. The van der Waals surface area contributed by atoms with Gasteiger partial charge in [0.15, 0.2) is 0 Å². The van der Waals surface area contributed by atoms with E-state index in [1.54, 1.807) is 7.11 Å². The quantitative estimate of drug-likeness (QED) is 0.440. The molecule has 0 atom stereocenters. The van der Waals surface area contributed by atoms with Crippen LogP contribution < -0.4 is 5.73 Å². The molecule has 52 valence electrons. The van der Waals surface area contributed by atoms with E-state index in [1.165, 1.54) is 12.8 Å². The average Bonchev–Trinajstić information content (AvgIpc) is 2.64. The van der Waals surface area contributed by atoms with E-state index in [4.69, 9.17) is 5.73 Å². The van der Waals surface area contributed by atoms with Crippen molar-refractivity contribution >= 4 is 5.71 Å². The van der Waals surface area contributed by atoms with E-state index in [2.05, 4.69) is 9.99 Å². The Hall–Kier alpha value is -0.570. The summed E-state index contributed by atoms with van der Waals surface area (Å²) in [7, 11) is 1.55. The summed E-state index contributed by atoms with van der Waals surface area (Å²) in [5.74, 6) is 0.634. The monoisotopic (exact) mass is 128 g/mol. The van der Waals surface area contributed by atoms with Gasteiger partial charge in [-0.1, -0.05) is 5.16 Å². The van der Waals surface area contributed by atoms with Gasteiger partial charge in [0.05, 0.1) is 5.71 Å². The molecular formula is C6H12N2O.